The summed E-state index contributed by atoms with van der Waals surface area (Å²) in [4.78, 5) is 0. The lowest BCUT2D eigenvalue weighted by Crippen LogP contribution is -2.04. The third-order valence-electron chi connectivity index (χ3n) is 3.40. The lowest BCUT2D eigenvalue weighted by Gasteiger charge is -2.18. The van der Waals surface area contributed by atoms with Crippen LogP contribution in [0.3, 0.4) is 0 Å². The first-order valence-corrected chi connectivity index (χ1v) is 7.51. The molecule has 2 rings (SSSR count). The lowest BCUT2D eigenvalue weighted by molar-refractivity contribution is 0.218. The van der Waals surface area contributed by atoms with Gasteiger partial charge in [0.05, 0.1) is 14.2 Å². The van der Waals surface area contributed by atoms with Crippen LogP contribution in [-0.4, -0.2) is 19.3 Å². The molecule has 112 valence electrons. The standard InChI is InChI=1S/C16H16BrClO3/c1-9-10(5-4-6-13(9)18)16(19)11-7-14(20-2)15(21-3)8-12(11)17/h4-8,16,19H,1-3H3. The van der Waals surface area contributed by atoms with E-state index in [1.54, 1.807) is 32.4 Å². The molecule has 0 saturated heterocycles. The minimum absolute atomic E-state index is 0.564. The fourth-order valence-corrected chi connectivity index (χ4v) is 2.89. The summed E-state index contributed by atoms with van der Waals surface area (Å²) in [7, 11) is 3.13. The molecule has 1 unspecified atom stereocenters. The Bertz CT molecular complexity index is 658. The molecule has 1 atom stereocenters. The second-order valence-corrected chi connectivity index (χ2v) is 5.85. The van der Waals surface area contributed by atoms with Crippen LogP contribution in [0.25, 0.3) is 0 Å². The minimum Gasteiger partial charge on any atom is -0.493 e. The molecule has 2 aromatic carbocycles. The summed E-state index contributed by atoms with van der Waals surface area (Å²) in [5.41, 5.74) is 2.31. The minimum atomic E-state index is -0.808. The van der Waals surface area contributed by atoms with Gasteiger partial charge in [-0.25, -0.2) is 0 Å². The predicted molar refractivity (Wildman–Crippen MR) is 87.5 cm³/mol. The maximum Gasteiger partial charge on any atom is 0.161 e. The molecule has 0 amide bonds. The van der Waals surface area contributed by atoms with E-state index < -0.39 is 6.10 Å². The Morgan fingerprint density at radius 2 is 1.71 bits per heavy atom. The Labute approximate surface area is 137 Å². The lowest BCUT2D eigenvalue weighted by atomic mass is 9.97. The predicted octanol–water partition coefficient (Wildman–Crippen LogP) is 4.51. The Morgan fingerprint density at radius 3 is 2.33 bits per heavy atom. The van der Waals surface area contributed by atoms with Gasteiger partial charge >= 0.3 is 0 Å². The van der Waals surface area contributed by atoms with Crippen LogP contribution in [0.1, 0.15) is 22.8 Å². The van der Waals surface area contributed by atoms with E-state index >= 15 is 0 Å². The number of aliphatic hydroxyl groups excluding tert-OH is 1. The number of hydrogen-bond donors (Lipinski definition) is 1. The summed E-state index contributed by atoms with van der Waals surface area (Å²) in [6, 6.07) is 9.01. The highest BCUT2D eigenvalue weighted by molar-refractivity contribution is 9.10. The maximum absolute atomic E-state index is 10.7. The van der Waals surface area contributed by atoms with Crippen LogP contribution >= 0.6 is 27.5 Å². The largest absolute Gasteiger partial charge is 0.493 e. The van der Waals surface area contributed by atoms with E-state index in [1.807, 2.05) is 19.1 Å². The van der Waals surface area contributed by atoms with E-state index in [0.29, 0.717) is 22.1 Å². The molecule has 5 heteroatoms. The van der Waals surface area contributed by atoms with Crippen molar-refractivity contribution in [3.05, 3.63) is 56.5 Å². The molecule has 0 fully saturated rings. The molecule has 0 saturated carbocycles. The molecule has 0 bridgehead atoms. The Hall–Kier alpha value is -1.23. The first-order chi connectivity index (χ1) is 9.99. The van der Waals surface area contributed by atoms with Gasteiger partial charge in [0.2, 0.25) is 0 Å². The summed E-state index contributed by atoms with van der Waals surface area (Å²) in [5.74, 6) is 1.16. The number of ether oxygens (including phenoxy) is 2. The van der Waals surface area contributed by atoms with Crippen LogP contribution in [-0.2, 0) is 0 Å². The summed E-state index contributed by atoms with van der Waals surface area (Å²) < 4.78 is 11.3. The van der Waals surface area contributed by atoms with E-state index in [0.717, 1.165) is 15.6 Å². The first-order valence-electron chi connectivity index (χ1n) is 6.34. The fourth-order valence-electron chi connectivity index (χ4n) is 2.17. The SMILES string of the molecule is COc1cc(Br)c(C(O)c2cccc(Cl)c2C)cc1OC. The highest BCUT2D eigenvalue weighted by atomic mass is 79.9. The van der Waals surface area contributed by atoms with Crippen molar-refractivity contribution in [3.63, 3.8) is 0 Å². The molecule has 0 aliphatic rings. The summed E-state index contributed by atoms with van der Waals surface area (Å²) in [5, 5.41) is 11.3. The van der Waals surface area contributed by atoms with Crippen LogP contribution in [0, 0.1) is 6.92 Å². The van der Waals surface area contributed by atoms with Crippen molar-refractivity contribution in [1.82, 2.24) is 0 Å². The normalized spacial score (nSPS) is 12.1. The molecule has 21 heavy (non-hydrogen) atoms. The Balaban J connectivity index is 2.53. The summed E-state index contributed by atoms with van der Waals surface area (Å²) >= 11 is 9.59. The van der Waals surface area contributed by atoms with Crippen molar-refractivity contribution in [2.75, 3.05) is 14.2 Å². The van der Waals surface area contributed by atoms with Crippen molar-refractivity contribution in [1.29, 1.82) is 0 Å². The average molecular weight is 372 g/mol. The van der Waals surface area contributed by atoms with E-state index in [-0.39, 0.29) is 0 Å². The van der Waals surface area contributed by atoms with E-state index in [4.69, 9.17) is 21.1 Å². The molecular formula is C16H16BrClO3. The number of methoxy groups -OCH3 is 2. The van der Waals surface area contributed by atoms with E-state index in [2.05, 4.69) is 15.9 Å². The van der Waals surface area contributed by atoms with Crippen molar-refractivity contribution in [2.24, 2.45) is 0 Å². The van der Waals surface area contributed by atoms with Gasteiger partial charge < -0.3 is 14.6 Å². The zero-order valence-electron chi connectivity index (χ0n) is 12.0. The first kappa shape index (κ1) is 16.1. The monoisotopic (exact) mass is 370 g/mol. The summed E-state index contributed by atoms with van der Waals surface area (Å²) in [6.07, 6.45) is -0.808. The third-order valence-corrected chi connectivity index (χ3v) is 4.50. The van der Waals surface area contributed by atoms with Gasteiger partial charge in [-0.1, -0.05) is 39.7 Å². The third kappa shape index (κ3) is 3.18. The highest BCUT2D eigenvalue weighted by Gasteiger charge is 2.19. The molecule has 2 aromatic rings. The fraction of sp³-hybridized carbons (Fsp3) is 0.250. The molecule has 0 aromatic heterocycles. The molecule has 1 N–H and O–H groups in total. The molecular weight excluding hydrogens is 356 g/mol. The highest BCUT2D eigenvalue weighted by Crippen LogP contribution is 2.39. The van der Waals surface area contributed by atoms with Gasteiger partial charge in [-0.2, -0.15) is 0 Å². The molecule has 0 aliphatic carbocycles. The van der Waals surface area contributed by atoms with E-state index in [1.165, 1.54) is 0 Å². The van der Waals surface area contributed by atoms with Gasteiger partial charge in [-0.05, 0) is 36.2 Å². The van der Waals surface area contributed by atoms with Gasteiger partial charge in [-0.3, -0.25) is 0 Å². The average Bonchev–Trinajstić information content (AvgIpc) is 2.49. The zero-order chi connectivity index (χ0) is 15.6. The van der Waals surface area contributed by atoms with Gasteiger partial charge in [0.25, 0.3) is 0 Å². The molecule has 0 heterocycles. The zero-order valence-corrected chi connectivity index (χ0v) is 14.3. The van der Waals surface area contributed by atoms with Crippen LogP contribution in [0.4, 0.5) is 0 Å². The Morgan fingerprint density at radius 1 is 1.10 bits per heavy atom. The number of halogens is 2. The van der Waals surface area contributed by atoms with Gasteiger partial charge in [0.1, 0.15) is 6.10 Å². The summed E-state index contributed by atoms with van der Waals surface area (Å²) in [6.45, 7) is 1.88. The number of aliphatic hydroxyl groups is 1. The van der Waals surface area contributed by atoms with Crippen LogP contribution in [0.15, 0.2) is 34.8 Å². The number of rotatable bonds is 4. The van der Waals surface area contributed by atoms with Crippen molar-refractivity contribution >= 4 is 27.5 Å². The van der Waals surface area contributed by atoms with Crippen molar-refractivity contribution in [2.45, 2.75) is 13.0 Å². The van der Waals surface area contributed by atoms with Crippen LogP contribution in [0.2, 0.25) is 5.02 Å². The quantitative estimate of drug-likeness (QED) is 0.859. The van der Waals surface area contributed by atoms with Crippen LogP contribution < -0.4 is 9.47 Å². The molecule has 0 spiro atoms. The van der Waals surface area contributed by atoms with Gasteiger partial charge in [0, 0.05) is 15.1 Å². The van der Waals surface area contributed by atoms with Gasteiger partial charge in [0.15, 0.2) is 11.5 Å². The van der Waals surface area contributed by atoms with Gasteiger partial charge in [-0.15, -0.1) is 0 Å². The van der Waals surface area contributed by atoms with Crippen molar-refractivity contribution in [3.8, 4) is 11.5 Å². The molecule has 0 aliphatic heterocycles. The second-order valence-electron chi connectivity index (χ2n) is 4.59. The smallest absolute Gasteiger partial charge is 0.161 e. The topological polar surface area (TPSA) is 38.7 Å². The second kappa shape index (κ2) is 6.69. The van der Waals surface area contributed by atoms with E-state index in [9.17, 15) is 5.11 Å². The Kier molecular flexibility index (Phi) is 5.14. The number of hydrogen-bond acceptors (Lipinski definition) is 3. The number of benzene rings is 2. The van der Waals surface area contributed by atoms with Crippen molar-refractivity contribution < 1.29 is 14.6 Å². The maximum atomic E-state index is 10.7. The van der Waals surface area contributed by atoms with Crippen LogP contribution in [0.5, 0.6) is 11.5 Å². The molecule has 0 radical (unpaired) electrons. The molecule has 3 nitrogen and oxygen atoms in total.